The van der Waals surface area contributed by atoms with Crippen molar-refractivity contribution in [1.29, 1.82) is 0 Å². The van der Waals surface area contributed by atoms with Gasteiger partial charge in [-0.05, 0) is 25.0 Å². The van der Waals surface area contributed by atoms with Gasteiger partial charge in [0.1, 0.15) is 5.51 Å². The largest absolute Gasteiger partial charge is 0.381 e. The van der Waals surface area contributed by atoms with Crippen molar-refractivity contribution < 1.29 is 4.79 Å². The molecule has 0 saturated carbocycles. The fraction of sp³-hybridized carbons (Fsp3) is 0.400. The Morgan fingerprint density at radius 3 is 3.05 bits per heavy atom. The molecule has 22 heavy (non-hydrogen) atoms. The highest BCUT2D eigenvalue weighted by Crippen LogP contribution is 2.21. The van der Waals surface area contributed by atoms with Gasteiger partial charge >= 0.3 is 0 Å². The number of thioether (sulfide) groups is 1. The molecule has 116 valence electrons. The van der Waals surface area contributed by atoms with E-state index >= 15 is 0 Å². The summed E-state index contributed by atoms with van der Waals surface area (Å²) in [4.78, 5) is 14.3. The second kappa shape index (κ2) is 7.60. The number of benzene rings is 1. The van der Waals surface area contributed by atoms with Gasteiger partial charge in [-0.3, -0.25) is 4.79 Å². The third kappa shape index (κ3) is 4.20. The Kier molecular flexibility index (Phi) is 5.29. The molecule has 0 radical (unpaired) electrons. The molecule has 1 aromatic heterocycles. The van der Waals surface area contributed by atoms with Gasteiger partial charge in [0, 0.05) is 24.8 Å². The van der Waals surface area contributed by atoms with Crippen LogP contribution >= 0.6 is 23.1 Å². The van der Waals surface area contributed by atoms with Crippen LogP contribution in [0.2, 0.25) is 0 Å². The number of carbonyl (C=O) groups is 1. The lowest BCUT2D eigenvalue weighted by molar-refractivity contribution is -0.129. The topological polar surface area (TPSA) is 58.1 Å². The first-order valence-corrected chi connectivity index (χ1v) is 9.16. The zero-order chi connectivity index (χ0) is 15.2. The molecule has 1 fully saturated rings. The molecule has 0 unspecified atom stereocenters. The average molecular weight is 334 g/mol. The molecule has 1 amide bonds. The van der Waals surface area contributed by atoms with E-state index in [4.69, 9.17) is 0 Å². The highest BCUT2D eigenvalue weighted by atomic mass is 32.2. The summed E-state index contributed by atoms with van der Waals surface area (Å²) in [6.45, 7) is 1.62. The van der Waals surface area contributed by atoms with Gasteiger partial charge in [-0.2, -0.15) is 0 Å². The maximum atomic E-state index is 12.3. The van der Waals surface area contributed by atoms with Gasteiger partial charge in [-0.25, -0.2) is 0 Å². The number of anilines is 1. The summed E-state index contributed by atoms with van der Waals surface area (Å²) in [6.07, 6.45) is 2.14. The molecular formula is C15H18N4OS2. The van der Waals surface area contributed by atoms with Gasteiger partial charge in [0.05, 0.1) is 5.75 Å². The monoisotopic (exact) mass is 334 g/mol. The lowest BCUT2D eigenvalue weighted by Crippen LogP contribution is -2.45. The number of aromatic nitrogens is 2. The van der Waals surface area contributed by atoms with Crippen molar-refractivity contribution in [2.45, 2.75) is 23.2 Å². The fourth-order valence-corrected chi connectivity index (χ4v) is 3.92. The van der Waals surface area contributed by atoms with Crippen LogP contribution in [0.3, 0.4) is 0 Å². The van der Waals surface area contributed by atoms with Crippen molar-refractivity contribution >= 4 is 34.7 Å². The highest BCUT2D eigenvalue weighted by Gasteiger charge is 2.23. The van der Waals surface area contributed by atoms with E-state index in [0.29, 0.717) is 11.8 Å². The molecule has 0 aliphatic carbocycles. The van der Waals surface area contributed by atoms with Crippen LogP contribution in [-0.2, 0) is 4.79 Å². The van der Waals surface area contributed by atoms with Crippen LogP contribution in [0.15, 0.2) is 40.2 Å². The van der Waals surface area contributed by atoms with E-state index in [1.54, 1.807) is 5.51 Å². The summed E-state index contributed by atoms with van der Waals surface area (Å²) in [7, 11) is 0. The van der Waals surface area contributed by atoms with Crippen LogP contribution in [0.4, 0.5) is 5.69 Å². The Hall–Kier alpha value is -1.60. The number of nitrogens with zero attached hydrogens (tertiary/aromatic N) is 3. The van der Waals surface area contributed by atoms with Crippen LogP contribution < -0.4 is 5.32 Å². The van der Waals surface area contributed by atoms with E-state index in [1.807, 2.05) is 23.1 Å². The second-order valence-corrected chi connectivity index (χ2v) is 7.24. The Morgan fingerprint density at radius 1 is 1.41 bits per heavy atom. The minimum Gasteiger partial charge on any atom is -0.381 e. The van der Waals surface area contributed by atoms with E-state index in [1.165, 1.54) is 23.1 Å². The Labute approximate surface area is 138 Å². The number of likely N-dealkylation sites (tertiary alicyclic amines) is 1. The second-order valence-electron chi connectivity index (χ2n) is 5.18. The Balaban J connectivity index is 1.50. The molecule has 1 saturated heterocycles. The van der Waals surface area contributed by atoms with E-state index in [-0.39, 0.29) is 5.91 Å². The van der Waals surface area contributed by atoms with Crippen molar-refractivity contribution in [2.75, 3.05) is 24.2 Å². The molecule has 7 heteroatoms. The van der Waals surface area contributed by atoms with Gasteiger partial charge < -0.3 is 10.2 Å². The number of rotatable bonds is 5. The smallest absolute Gasteiger partial charge is 0.233 e. The summed E-state index contributed by atoms with van der Waals surface area (Å²) in [6, 6.07) is 10.5. The Morgan fingerprint density at radius 2 is 2.27 bits per heavy atom. The summed E-state index contributed by atoms with van der Waals surface area (Å²) >= 11 is 2.94. The van der Waals surface area contributed by atoms with Crippen molar-refractivity contribution in [3.05, 3.63) is 35.8 Å². The third-order valence-electron chi connectivity index (χ3n) is 3.58. The van der Waals surface area contributed by atoms with E-state index in [2.05, 4.69) is 27.6 Å². The molecular weight excluding hydrogens is 316 g/mol. The fourth-order valence-electron chi connectivity index (χ4n) is 2.53. The van der Waals surface area contributed by atoms with Crippen LogP contribution in [0.25, 0.3) is 0 Å². The molecule has 1 N–H and O–H groups in total. The lowest BCUT2D eigenvalue weighted by Gasteiger charge is -2.33. The van der Waals surface area contributed by atoms with E-state index < -0.39 is 0 Å². The van der Waals surface area contributed by atoms with Gasteiger partial charge in [0.2, 0.25) is 5.91 Å². The number of nitrogens with one attached hydrogen (secondary N) is 1. The number of amides is 1. The Bertz CT molecular complexity index is 591. The molecule has 3 rings (SSSR count). The summed E-state index contributed by atoms with van der Waals surface area (Å²) in [5, 5.41) is 11.3. The molecule has 1 aliphatic rings. The molecule has 0 spiro atoms. The molecule has 0 bridgehead atoms. The predicted molar refractivity (Wildman–Crippen MR) is 90.3 cm³/mol. The molecule has 5 nitrogen and oxygen atoms in total. The maximum Gasteiger partial charge on any atom is 0.233 e. The van der Waals surface area contributed by atoms with Crippen LogP contribution in [0, 0.1) is 0 Å². The SMILES string of the molecule is O=C(CSc1nncs1)N1CCC[C@H](Nc2ccccc2)C1. The van der Waals surface area contributed by atoms with Gasteiger partial charge in [0.15, 0.2) is 4.34 Å². The zero-order valence-electron chi connectivity index (χ0n) is 12.1. The number of hydrogen-bond acceptors (Lipinski definition) is 6. The first-order valence-electron chi connectivity index (χ1n) is 7.29. The van der Waals surface area contributed by atoms with Crippen molar-refractivity contribution in [3.8, 4) is 0 Å². The van der Waals surface area contributed by atoms with Crippen molar-refractivity contribution in [1.82, 2.24) is 15.1 Å². The first kappa shape index (κ1) is 15.3. The van der Waals surface area contributed by atoms with Gasteiger partial charge in [0.25, 0.3) is 0 Å². The molecule has 1 aliphatic heterocycles. The van der Waals surface area contributed by atoms with Crippen LogP contribution in [0.1, 0.15) is 12.8 Å². The average Bonchev–Trinajstić information content (AvgIpc) is 3.07. The highest BCUT2D eigenvalue weighted by molar-refractivity contribution is 8.01. The number of piperidine rings is 1. The molecule has 2 aromatic rings. The predicted octanol–water partition coefficient (Wildman–Crippen LogP) is 2.73. The van der Waals surface area contributed by atoms with Gasteiger partial charge in [-0.15, -0.1) is 10.2 Å². The van der Waals surface area contributed by atoms with E-state index in [0.717, 1.165) is 36.0 Å². The number of hydrogen-bond donors (Lipinski definition) is 1. The summed E-state index contributed by atoms with van der Waals surface area (Å²) in [5.74, 6) is 0.618. The lowest BCUT2D eigenvalue weighted by atomic mass is 10.1. The molecule has 1 aromatic carbocycles. The number of para-hydroxylation sites is 1. The van der Waals surface area contributed by atoms with Crippen LogP contribution in [0.5, 0.6) is 0 Å². The summed E-state index contributed by atoms with van der Waals surface area (Å²) in [5.41, 5.74) is 2.80. The standard InChI is InChI=1S/C15H18N4OS2/c20-14(10-21-15-18-16-11-22-15)19-8-4-7-13(9-19)17-12-5-2-1-3-6-12/h1-3,5-6,11,13,17H,4,7-10H2/t13-/m0/s1. The van der Waals surface area contributed by atoms with Gasteiger partial charge in [-0.1, -0.05) is 41.3 Å². The minimum absolute atomic E-state index is 0.180. The third-order valence-corrected chi connectivity index (χ3v) is 5.42. The van der Waals surface area contributed by atoms with Crippen molar-refractivity contribution in [3.63, 3.8) is 0 Å². The maximum absolute atomic E-state index is 12.3. The normalized spacial score (nSPS) is 18.2. The number of carbonyl (C=O) groups excluding carboxylic acids is 1. The summed E-state index contributed by atoms with van der Waals surface area (Å²) < 4.78 is 0.851. The molecule has 2 heterocycles. The van der Waals surface area contributed by atoms with E-state index in [9.17, 15) is 4.79 Å². The first-order chi connectivity index (χ1) is 10.8. The quantitative estimate of drug-likeness (QED) is 0.852. The minimum atomic E-state index is 0.180. The van der Waals surface area contributed by atoms with Crippen molar-refractivity contribution in [2.24, 2.45) is 0 Å². The molecule has 1 atom stereocenters. The zero-order valence-corrected chi connectivity index (χ0v) is 13.8. The van der Waals surface area contributed by atoms with Crippen LogP contribution in [-0.4, -0.2) is 45.9 Å².